The molecule has 8 heteroatoms. The Hall–Kier alpha value is -2.48. The number of anilines is 1. The number of rotatable bonds is 5. The van der Waals surface area contributed by atoms with Crippen LogP contribution in [0.2, 0.25) is 0 Å². The third-order valence-corrected chi connectivity index (χ3v) is 3.63. The molecule has 0 aliphatic carbocycles. The molecule has 0 spiro atoms. The van der Waals surface area contributed by atoms with Gasteiger partial charge in [0.2, 0.25) is 0 Å². The van der Waals surface area contributed by atoms with Crippen molar-refractivity contribution in [2.45, 2.75) is 13.5 Å². The van der Waals surface area contributed by atoms with E-state index in [1.165, 1.54) is 36.6 Å². The maximum absolute atomic E-state index is 11.5. The Labute approximate surface area is 124 Å². The van der Waals surface area contributed by atoms with Crippen LogP contribution in [0, 0.1) is 17.0 Å². The first-order valence-corrected chi connectivity index (χ1v) is 6.85. The van der Waals surface area contributed by atoms with Crippen molar-refractivity contribution in [3.05, 3.63) is 50.0 Å². The number of esters is 1. The summed E-state index contributed by atoms with van der Waals surface area (Å²) < 4.78 is 4.61. The Morgan fingerprint density at radius 3 is 2.86 bits per heavy atom. The van der Waals surface area contributed by atoms with Gasteiger partial charge < -0.3 is 10.1 Å². The summed E-state index contributed by atoms with van der Waals surface area (Å²) in [6, 6.07) is 4.05. The molecule has 0 saturated heterocycles. The second kappa shape index (κ2) is 6.31. The normalized spacial score (nSPS) is 10.2. The van der Waals surface area contributed by atoms with E-state index in [1.54, 1.807) is 6.20 Å². The first-order valence-electron chi connectivity index (χ1n) is 6.03. The number of carbonyl (C=O) groups excluding carboxylic acids is 1. The molecule has 0 radical (unpaired) electrons. The van der Waals surface area contributed by atoms with Crippen LogP contribution in [0.1, 0.15) is 20.2 Å². The number of ether oxygens (including phenoxy) is 1. The molecule has 1 N–H and O–H groups in total. The molecule has 1 aromatic carbocycles. The van der Waals surface area contributed by atoms with Crippen LogP contribution in [0.25, 0.3) is 0 Å². The Morgan fingerprint density at radius 1 is 1.52 bits per heavy atom. The average Bonchev–Trinajstić information content (AvgIpc) is 2.89. The number of nitro groups is 1. The summed E-state index contributed by atoms with van der Waals surface area (Å²) in [7, 11) is 1.26. The lowest BCUT2D eigenvalue weighted by Crippen LogP contribution is -2.06. The smallest absolute Gasteiger partial charge is 0.337 e. The van der Waals surface area contributed by atoms with E-state index in [1.807, 2.05) is 6.92 Å². The molecule has 7 nitrogen and oxygen atoms in total. The number of nitro benzene ring substituents is 1. The highest BCUT2D eigenvalue weighted by Crippen LogP contribution is 2.26. The number of carbonyl (C=O) groups is 1. The molecule has 0 fully saturated rings. The van der Waals surface area contributed by atoms with Gasteiger partial charge in [-0.15, -0.1) is 11.3 Å². The van der Waals surface area contributed by atoms with Crippen molar-refractivity contribution in [1.29, 1.82) is 0 Å². The van der Waals surface area contributed by atoms with Crippen molar-refractivity contribution >= 4 is 28.7 Å². The number of benzene rings is 1. The summed E-state index contributed by atoms with van der Waals surface area (Å²) in [6.07, 6.45) is 1.74. The molecule has 2 rings (SSSR count). The van der Waals surface area contributed by atoms with Crippen LogP contribution in [0.5, 0.6) is 0 Å². The third-order valence-electron chi connectivity index (χ3n) is 2.71. The molecular weight excluding hydrogens is 294 g/mol. The van der Waals surface area contributed by atoms with Crippen LogP contribution >= 0.6 is 11.3 Å². The fourth-order valence-corrected chi connectivity index (χ4v) is 2.46. The van der Waals surface area contributed by atoms with Crippen molar-refractivity contribution < 1.29 is 14.5 Å². The monoisotopic (exact) mass is 307 g/mol. The van der Waals surface area contributed by atoms with Gasteiger partial charge in [0, 0.05) is 17.1 Å². The molecule has 1 aromatic heterocycles. The van der Waals surface area contributed by atoms with E-state index in [2.05, 4.69) is 15.0 Å². The molecule has 1 heterocycles. The van der Waals surface area contributed by atoms with E-state index >= 15 is 0 Å². The van der Waals surface area contributed by atoms with Gasteiger partial charge in [0.1, 0.15) is 10.7 Å². The molecule has 2 aromatic rings. The standard InChI is InChI=1S/C13H13N3O4S/c1-8-6-15-12(21-8)7-14-10-5-9(13(17)20-2)3-4-11(10)16(18)19/h3-6,14H,7H2,1-2H3. The highest BCUT2D eigenvalue weighted by Gasteiger charge is 2.17. The largest absolute Gasteiger partial charge is 0.465 e. The first kappa shape index (κ1) is 14.9. The summed E-state index contributed by atoms with van der Waals surface area (Å²) in [5.74, 6) is -0.543. The lowest BCUT2D eigenvalue weighted by atomic mass is 10.1. The van der Waals surface area contributed by atoms with Gasteiger partial charge in [-0.25, -0.2) is 9.78 Å². The molecule has 0 unspecified atom stereocenters. The molecular formula is C13H13N3O4S. The van der Waals surface area contributed by atoms with Gasteiger partial charge in [-0.2, -0.15) is 0 Å². The predicted molar refractivity (Wildman–Crippen MR) is 78.6 cm³/mol. The van der Waals surface area contributed by atoms with E-state index < -0.39 is 10.9 Å². The van der Waals surface area contributed by atoms with Gasteiger partial charge in [-0.1, -0.05) is 0 Å². The first-order chi connectivity index (χ1) is 10.0. The van der Waals surface area contributed by atoms with Gasteiger partial charge >= 0.3 is 5.97 Å². The quantitative estimate of drug-likeness (QED) is 0.518. The lowest BCUT2D eigenvalue weighted by Gasteiger charge is -2.07. The van der Waals surface area contributed by atoms with Crippen molar-refractivity contribution in [2.24, 2.45) is 0 Å². The third kappa shape index (κ3) is 3.54. The number of methoxy groups -OCH3 is 1. The van der Waals surface area contributed by atoms with Crippen molar-refractivity contribution in [3.63, 3.8) is 0 Å². The number of aryl methyl sites for hydroxylation is 1. The molecule has 0 bridgehead atoms. The summed E-state index contributed by atoms with van der Waals surface area (Å²) >= 11 is 1.50. The molecule has 21 heavy (non-hydrogen) atoms. The van der Waals surface area contributed by atoms with E-state index in [-0.39, 0.29) is 16.9 Å². The number of hydrogen-bond acceptors (Lipinski definition) is 7. The SMILES string of the molecule is COC(=O)c1ccc([N+](=O)[O-])c(NCc2ncc(C)s2)c1. The summed E-state index contributed by atoms with van der Waals surface area (Å²) in [5.41, 5.74) is 0.410. The lowest BCUT2D eigenvalue weighted by molar-refractivity contribution is -0.384. The molecule has 110 valence electrons. The number of thiazole rings is 1. The Morgan fingerprint density at radius 2 is 2.29 bits per heavy atom. The van der Waals surface area contributed by atoms with E-state index in [0.717, 1.165) is 9.88 Å². The fourth-order valence-electron chi connectivity index (χ4n) is 1.74. The summed E-state index contributed by atoms with van der Waals surface area (Å²) in [5, 5.41) is 14.8. The maximum Gasteiger partial charge on any atom is 0.337 e. The van der Waals surface area contributed by atoms with Gasteiger partial charge in [-0.3, -0.25) is 10.1 Å². The minimum absolute atomic E-state index is 0.101. The Bertz CT molecular complexity index is 684. The number of nitrogens with zero attached hydrogens (tertiary/aromatic N) is 2. The van der Waals surface area contributed by atoms with Crippen LogP contribution in [0.4, 0.5) is 11.4 Å². The van der Waals surface area contributed by atoms with Crippen LogP contribution < -0.4 is 5.32 Å². The molecule has 0 saturated carbocycles. The predicted octanol–water partition coefficient (Wildman–Crippen LogP) is 2.76. The average molecular weight is 307 g/mol. The van der Waals surface area contributed by atoms with Gasteiger partial charge in [-0.05, 0) is 19.1 Å². The second-order valence-electron chi connectivity index (χ2n) is 4.20. The second-order valence-corrected chi connectivity index (χ2v) is 5.52. The van der Waals surface area contributed by atoms with Gasteiger partial charge in [0.15, 0.2) is 0 Å². The van der Waals surface area contributed by atoms with Crippen LogP contribution in [0.3, 0.4) is 0 Å². The van der Waals surface area contributed by atoms with E-state index in [4.69, 9.17) is 0 Å². The molecule has 0 amide bonds. The van der Waals surface area contributed by atoms with Crippen LogP contribution in [-0.4, -0.2) is 23.0 Å². The molecule has 0 aliphatic rings. The topological polar surface area (TPSA) is 94.4 Å². The number of aromatic nitrogens is 1. The van der Waals surface area contributed by atoms with E-state index in [9.17, 15) is 14.9 Å². The van der Waals surface area contributed by atoms with Crippen molar-refractivity contribution in [3.8, 4) is 0 Å². The minimum Gasteiger partial charge on any atom is -0.465 e. The number of hydrogen-bond donors (Lipinski definition) is 1. The van der Waals surface area contributed by atoms with Crippen molar-refractivity contribution in [2.75, 3.05) is 12.4 Å². The van der Waals surface area contributed by atoms with Crippen LogP contribution in [-0.2, 0) is 11.3 Å². The zero-order chi connectivity index (χ0) is 15.4. The maximum atomic E-state index is 11.5. The van der Waals surface area contributed by atoms with Crippen molar-refractivity contribution in [1.82, 2.24) is 4.98 Å². The zero-order valence-corrected chi connectivity index (χ0v) is 12.3. The highest BCUT2D eigenvalue weighted by molar-refractivity contribution is 7.11. The Kier molecular flexibility index (Phi) is 4.49. The summed E-state index contributed by atoms with van der Waals surface area (Å²) in [6.45, 7) is 2.28. The highest BCUT2D eigenvalue weighted by atomic mass is 32.1. The van der Waals surface area contributed by atoms with Gasteiger partial charge in [0.05, 0.1) is 24.1 Å². The number of nitrogens with one attached hydrogen (secondary N) is 1. The molecule has 0 aliphatic heterocycles. The van der Waals surface area contributed by atoms with E-state index in [0.29, 0.717) is 6.54 Å². The zero-order valence-electron chi connectivity index (χ0n) is 11.5. The van der Waals surface area contributed by atoms with Gasteiger partial charge in [0.25, 0.3) is 5.69 Å². The van der Waals surface area contributed by atoms with Crippen LogP contribution in [0.15, 0.2) is 24.4 Å². The molecule has 0 atom stereocenters. The minimum atomic E-state index is -0.543. The summed E-state index contributed by atoms with van der Waals surface area (Å²) in [4.78, 5) is 27.2. The Balaban J connectivity index is 2.25. The fraction of sp³-hybridized carbons (Fsp3) is 0.231.